The molecule has 0 radical (unpaired) electrons. The second kappa shape index (κ2) is 13.8. The van der Waals surface area contributed by atoms with Gasteiger partial charge in [-0.1, -0.05) is 62.4 Å². The van der Waals surface area contributed by atoms with Crippen LogP contribution in [0.4, 0.5) is 21.9 Å². The molecular weight excluding hydrogens is 496 g/mol. The van der Waals surface area contributed by atoms with Crippen LogP contribution in [0.25, 0.3) is 0 Å². The quantitative estimate of drug-likeness (QED) is 0.238. The van der Waals surface area contributed by atoms with Crippen molar-refractivity contribution in [2.45, 2.75) is 46.1 Å². The van der Waals surface area contributed by atoms with E-state index in [4.69, 9.17) is 5.11 Å². The Labute approximate surface area is 228 Å². The van der Waals surface area contributed by atoms with Gasteiger partial charge in [0.1, 0.15) is 6.04 Å². The molecular formula is C30H34N4O5. The molecule has 0 bridgehead atoms. The van der Waals surface area contributed by atoms with Crippen molar-refractivity contribution in [3.8, 4) is 0 Å². The number of benzene rings is 3. The molecule has 0 saturated heterocycles. The van der Waals surface area contributed by atoms with E-state index in [0.717, 1.165) is 5.56 Å². The molecule has 9 nitrogen and oxygen atoms in total. The van der Waals surface area contributed by atoms with E-state index >= 15 is 0 Å². The topological polar surface area (TPSA) is 137 Å². The molecule has 1 atom stereocenters. The van der Waals surface area contributed by atoms with Crippen molar-refractivity contribution < 1.29 is 24.3 Å². The fourth-order valence-electron chi connectivity index (χ4n) is 4.02. The van der Waals surface area contributed by atoms with E-state index in [0.29, 0.717) is 34.6 Å². The largest absolute Gasteiger partial charge is 0.481 e. The third-order valence-corrected chi connectivity index (χ3v) is 5.95. The number of aliphatic carboxylic acids is 1. The number of anilines is 3. The minimum Gasteiger partial charge on any atom is -0.481 e. The minimum atomic E-state index is -1.00. The molecule has 0 spiro atoms. The number of rotatable bonds is 11. The van der Waals surface area contributed by atoms with Gasteiger partial charge in [0.05, 0.1) is 12.8 Å². The zero-order chi connectivity index (χ0) is 28.4. The Kier molecular flexibility index (Phi) is 10.2. The summed E-state index contributed by atoms with van der Waals surface area (Å²) in [6.45, 7) is 5.81. The van der Waals surface area contributed by atoms with Crippen LogP contribution in [0.5, 0.6) is 0 Å². The van der Waals surface area contributed by atoms with Crippen LogP contribution in [0, 0.1) is 12.8 Å². The molecule has 0 aromatic heterocycles. The highest BCUT2D eigenvalue weighted by molar-refractivity contribution is 6.00. The zero-order valence-corrected chi connectivity index (χ0v) is 22.3. The lowest BCUT2D eigenvalue weighted by Crippen LogP contribution is -2.45. The van der Waals surface area contributed by atoms with Crippen molar-refractivity contribution in [2.24, 2.45) is 5.92 Å². The third-order valence-electron chi connectivity index (χ3n) is 5.95. The van der Waals surface area contributed by atoms with Gasteiger partial charge in [-0.3, -0.25) is 14.4 Å². The summed E-state index contributed by atoms with van der Waals surface area (Å²) in [5.41, 5.74) is 3.84. The molecule has 0 aliphatic carbocycles. The van der Waals surface area contributed by atoms with Gasteiger partial charge in [-0.2, -0.15) is 0 Å². The SMILES string of the molecule is Cc1ccccc1NC(=O)Nc1ccc(CC(=O)N[C@@H](CC(C)C)C(=O)Nc2ccccc2CC(=O)O)cc1. The molecule has 5 N–H and O–H groups in total. The number of carbonyl (C=O) groups excluding carboxylic acids is 3. The molecule has 0 heterocycles. The molecule has 9 heteroatoms. The minimum absolute atomic E-state index is 0.0488. The highest BCUT2D eigenvalue weighted by Gasteiger charge is 2.23. The van der Waals surface area contributed by atoms with Crippen LogP contribution in [-0.2, 0) is 27.2 Å². The maximum absolute atomic E-state index is 13.1. The molecule has 4 amide bonds. The van der Waals surface area contributed by atoms with Crippen molar-refractivity contribution in [1.29, 1.82) is 0 Å². The molecule has 0 unspecified atom stereocenters. The maximum atomic E-state index is 13.1. The number of amides is 4. The van der Waals surface area contributed by atoms with Gasteiger partial charge in [0.15, 0.2) is 0 Å². The summed E-state index contributed by atoms with van der Waals surface area (Å²) in [5, 5.41) is 20.3. The van der Waals surface area contributed by atoms with E-state index in [1.54, 1.807) is 48.5 Å². The summed E-state index contributed by atoms with van der Waals surface area (Å²) >= 11 is 0. The first-order valence-electron chi connectivity index (χ1n) is 12.7. The monoisotopic (exact) mass is 530 g/mol. The lowest BCUT2D eigenvalue weighted by atomic mass is 10.0. The van der Waals surface area contributed by atoms with Crippen LogP contribution < -0.4 is 21.3 Å². The zero-order valence-electron chi connectivity index (χ0n) is 22.3. The highest BCUT2D eigenvalue weighted by atomic mass is 16.4. The van der Waals surface area contributed by atoms with Crippen molar-refractivity contribution in [2.75, 3.05) is 16.0 Å². The lowest BCUT2D eigenvalue weighted by molar-refractivity contribution is -0.136. The van der Waals surface area contributed by atoms with Crippen LogP contribution in [0.3, 0.4) is 0 Å². The summed E-state index contributed by atoms with van der Waals surface area (Å²) < 4.78 is 0. The number of carbonyl (C=O) groups is 4. The third kappa shape index (κ3) is 9.30. The fourth-order valence-corrected chi connectivity index (χ4v) is 4.02. The Balaban J connectivity index is 1.58. The Bertz CT molecular complexity index is 1320. The fraction of sp³-hybridized carbons (Fsp3) is 0.267. The first-order chi connectivity index (χ1) is 18.6. The molecule has 0 saturated carbocycles. The van der Waals surface area contributed by atoms with Gasteiger partial charge in [-0.05, 0) is 60.2 Å². The van der Waals surface area contributed by atoms with Gasteiger partial charge in [0.2, 0.25) is 11.8 Å². The molecule has 3 rings (SSSR count). The Morgan fingerprint density at radius 2 is 1.41 bits per heavy atom. The number of hydrogen-bond acceptors (Lipinski definition) is 4. The van der Waals surface area contributed by atoms with Crippen LogP contribution in [0.2, 0.25) is 0 Å². The number of para-hydroxylation sites is 2. The molecule has 0 aliphatic heterocycles. The molecule has 3 aromatic carbocycles. The van der Waals surface area contributed by atoms with Crippen LogP contribution >= 0.6 is 0 Å². The summed E-state index contributed by atoms with van der Waals surface area (Å²) in [6, 6.07) is 19.9. The first-order valence-corrected chi connectivity index (χ1v) is 12.7. The second-order valence-corrected chi connectivity index (χ2v) is 9.73. The van der Waals surface area contributed by atoms with E-state index < -0.39 is 17.9 Å². The van der Waals surface area contributed by atoms with Crippen LogP contribution in [-0.4, -0.2) is 35.0 Å². The second-order valence-electron chi connectivity index (χ2n) is 9.73. The number of urea groups is 1. The van der Waals surface area contributed by atoms with Crippen molar-refractivity contribution in [3.63, 3.8) is 0 Å². The molecule has 3 aromatic rings. The molecule has 39 heavy (non-hydrogen) atoms. The molecule has 204 valence electrons. The molecule has 0 aliphatic rings. The van der Waals surface area contributed by atoms with Crippen molar-refractivity contribution >= 4 is 40.9 Å². The number of aryl methyl sites for hydroxylation is 1. The van der Waals surface area contributed by atoms with Crippen molar-refractivity contribution in [1.82, 2.24) is 5.32 Å². The van der Waals surface area contributed by atoms with E-state index in [9.17, 15) is 19.2 Å². The Morgan fingerprint density at radius 3 is 2.05 bits per heavy atom. The van der Waals surface area contributed by atoms with Crippen LogP contribution in [0.1, 0.15) is 37.0 Å². The van der Waals surface area contributed by atoms with Crippen LogP contribution in [0.15, 0.2) is 72.8 Å². The Morgan fingerprint density at radius 1 is 0.769 bits per heavy atom. The predicted molar refractivity (Wildman–Crippen MR) is 152 cm³/mol. The number of carboxylic acid groups (broad SMARTS) is 1. The number of hydrogen-bond donors (Lipinski definition) is 5. The highest BCUT2D eigenvalue weighted by Crippen LogP contribution is 2.18. The van der Waals surface area contributed by atoms with E-state index in [-0.39, 0.29) is 30.7 Å². The predicted octanol–water partition coefficient (Wildman–Crippen LogP) is 4.98. The van der Waals surface area contributed by atoms with Crippen molar-refractivity contribution in [3.05, 3.63) is 89.5 Å². The van der Waals surface area contributed by atoms with E-state index in [2.05, 4.69) is 21.3 Å². The van der Waals surface area contributed by atoms with Gasteiger partial charge in [0, 0.05) is 17.1 Å². The summed E-state index contributed by atoms with van der Waals surface area (Å²) in [6.07, 6.45) is 0.237. The number of nitrogens with one attached hydrogen (secondary N) is 4. The van der Waals surface area contributed by atoms with Gasteiger partial charge in [0.25, 0.3) is 0 Å². The normalized spacial score (nSPS) is 11.4. The van der Waals surface area contributed by atoms with Gasteiger partial charge < -0.3 is 26.4 Å². The van der Waals surface area contributed by atoms with E-state index in [1.165, 1.54) is 0 Å². The van der Waals surface area contributed by atoms with Gasteiger partial charge in [-0.25, -0.2) is 4.79 Å². The average molecular weight is 531 g/mol. The maximum Gasteiger partial charge on any atom is 0.323 e. The smallest absolute Gasteiger partial charge is 0.323 e. The lowest BCUT2D eigenvalue weighted by Gasteiger charge is -2.21. The van der Waals surface area contributed by atoms with Gasteiger partial charge in [-0.15, -0.1) is 0 Å². The first kappa shape index (κ1) is 28.9. The summed E-state index contributed by atoms with van der Waals surface area (Å²) in [4.78, 5) is 49.4. The standard InChI is InChI=1S/C30H34N4O5/c1-19(2)16-26(29(38)33-25-11-7-5-9-22(25)18-28(36)37)32-27(35)17-21-12-14-23(15-13-21)31-30(39)34-24-10-6-4-8-20(24)3/h4-15,19,26H,16-18H2,1-3H3,(H,32,35)(H,33,38)(H,36,37)(H2,31,34,39)/t26-/m0/s1. The van der Waals surface area contributed by atoms with Gasteiger partial charge >= 0.3 is 12.0 Å². The number of carboxylic acids is 1. The Hall–Kier alpha value is -4.66. The molecule has 0 fully saturated rings. The van der Waals surface area contributed by atoms with E-state index in [1.807, 2.05) is 45.0 Å². The summed E-state index contributed by atoms with van der Waals surface area (Å²) in [7, 11) is 0. The summed E-state index contributed by atoms with van der Waals surface area (Å²) in [5.74, 6) is -1.61. The average Bonchev–Trinajstić information content (AvgIpc) is 2.87.